The van der Waals surface area contributed by atoms with E-state index in [2.05, 4.69) is 9.97 Å². The predicted octanol–water partition coefficient (Wildman–Crippen LogP) is 4.88. The van der Waals surface area contributed by atoms with Crippen LogP contribution in [-0.4, -0.2) is 21.5 Å². The standard InChI is InChI=1S/C22H23N3O2S2/c1-13-6-7-15(17(8-13)21(27)14-4-2-3-5-14)9-16(26)10-20-24-18(11-28-20)19-12-29-22(23)25-19/h6-8,11-12,14H,2-5,9-10H2,1H3,(H2,23,25). The van der Waals surface area contributed by atoms with E-state index in [1.54, 1.807) is 0 Å². The SMILES string of the molecule is Cc1ccc(CC(=O)Cc2nc(-c3csc(N)n3)cs2)c(C(=O)C2CCCC2)c1. The molecule has 1 fully saturated rings. The molecule has 1 aromatic carbocycles. The molecule has 0 saturated heterocycles. The predicted molar refractivity (Wildman–Crippen MR) is 118 cm³/mol. The minimum Gasteiger partial charge on any atom is -0.375 e. The molecule has 1 aliphatic rings. The van der Waals surface area contributed by atoms with Crippen molar-refractivity contribution in [3.05, 3.63) is 50.7 Å². The van der Waals surface area contributed by atoms with Crippen LogP contribution in [0.2, 0.25) is 0 Å². The van der Waals surface area contributed by atoms with E-state index in [0.717, 1.165) is 58.8 Å². The molecule has 1 aliphatic carbocycles. The molecule has 150 valence electrons. The molecule has 3 aromatic rings. The average Bonchev–Trinajstić information content (AvgIpc) is 3.44. The summed E-state index contributed by atoms with van der Waals surface area (Å²) in [5.41, 5.74) is 9.78. The van der Waals surface area contributed by atoms with Crippen LogP contribution in [0, 0.1) is 12.8 Å². The van der Waals surface area contributed by atoms with Crippen LogP contribution in [0.5, 0.6) is 0 Å². The summed E-state index contributed by atoms with van der Waals surface area (Å²) in [4.78, 5) is 34.5. The number of nitrogen functional groups attached to an aromatic ring is 1. The molecule has 0 unspecified atom stereocenters. The van der Waals surface area contributed by atoms with Crippen molar-refractivity contribution < 1.29 is 9.59 Å². The highest BCUT2D eigenvalue weighted by molar-refractivity contribution is 7.14. The first-order valence-corrected chi connectivity index (χ1v) is 11.6. The number of rotatable bonds is 7. The molecule has 2 heterocycles. The summed E-state index contributed by atoms with van der Waals surface area (Å²) >= 11 is 2.82. The number of hydrogen-bond donors (Lipinski definition) is 1. The van der Waals surface area contributed by atoms with Crippen molar-refractivity contribution in [2.45, 2.75) is 45.4 Å². The van der Waals surface area contributed by atoms with Crippen molar-refractivity contribution in [3.8, 4) is 11.4 Å². The van der Waals surface area contributed by atoms with Gasteiger partial charge in [-0.05, 0) is 31.4 Å². The Morgan fingerprint density at radius 1 is 1.07 bits per heavy atom. The lowest BCUT2D eigenvalue weighted by Crippen LogP contribution is -2.16. The first-order chi connectivity index (χ1) is 14.0. The molecule has 0 spiro atoms. The molecule has 0 aliphatic heterocycles. The lowest BCUT2D eigenvalue weighted by Gasteiger charge is -2.13. The van der Waals surface area contributed by atoms with Gasteiger partial charge in [-0.25, -0.2) is 9.97 Å². The Bertz CT molecular complexity index is 1050. The fraction of sp³-hybridized carbons (Fsp3) is 0.364. The van der Waals surface area contributed by atoms with Gasteiger partial charge in [0, 0.05) is 28.7 Å². The number of carbonyl (C=O) groups excluding carboxylic acids is 2. The maximum Gasteiger partial charge on any atom is 0.180 e. The topological polar surface area (TPSA) is 85.9 Å². The minimum atomic E-state index is 0.0630. The molecule has 2 aromatic heterocycles. The number of thiazole rings is 2. The zero-order valence-electron chi connectivity index (χ0n) is 16.3. The van der Waals surface area contributed by atoms with Crippen molar-refractivity contribution >= 4 is 39.4 Å². The smallest absolute Gasteiger partial charge is 0.180 e. The van der Waals surface area contributed by atoms with Crippen molar-refractivity contribution in [3.63, 3.8) is 0 Å². The van der Waals surface area contributed by atoms with Crippen LogP contribution in [0.3, 0.4) is 0 Å². The van der Waals surface area contributed by atoms with Crippen LogP contribution in [-0.2, 0) is 17.6 Å². The Balaban J connectivity index is 1.47. The van der Waals surface area contributed by atoms with Crippen LogP contribution in [0.4, 0.5) is 5.13 Å². The number of aromatic nitrogens is 2. The summed E-state index contributed by atoms with van der Waals surface area (Å²) in [5.74, 6) is 0.373. The van der Waals surface area contributed by atoms with E-state index in [1.807, 2.05) is 35.9 Å². The van der Waals surface area contributed by atoms with Gasteiger partial charge in [0.25, 0.3) is 0 Å². The van der Waals surface area contributed by atoms with Gasteiger partial charge in [-0.15, -0.1) is 22.7 Å². The number of benzene rings is 1. The molecule has 0 atom stereocenters. The van der Waals surface area contributed by atoms with Crippen molar-refractivity contribution in [1.82, 2.24) is 9.97 Å². The van der Waals surface area contributed by atoms with E-state index in [4.69, 9.17) is 5.73 Å². The zero-order valence-corrected chi connectivity index (χ0v) is 17.9. The van der Waals surface area contributed by atoms with E-state index in [9.17, 15) is 9.59 Å². The fourth-order valence-corrected chi connectivity index (χ4v) is 5.21. The van der Waals surface area contributed by atoms with Crippen LogP contribution in [0.15, 0.2) is 29.0 Å². The van der Waals surface area contributed by atoms with Gasteiger partial charge >= 0.3 is 0 Å². The third-order valence-electron chi connectivity index (χ3n) is 5.33. The first-order valence-electron chi connectivity index (χ1n) is 9.81. The Hall–Kier alpha value is -2.38. The fourth-order valence-electron chi connectivity index (χ4n) is 3.84. The molecular formula is C22H23N3O2S2. The van der Waals surface area contributed by atoms with Gasteiger partial charge in [-0.1, -0.05) is 30.5 Å². The maximum absolute atomic E-state index is 13.0. The minimum absolute atomic E-state index is 0.0630. The van der Waals surface area contributed by atoms with Gasteiger partial charge in [0.1, 0.15) is 22.2 Å². The second-order valence-corrected chi connectivity index (χ2v) is 9.43. The highest BCUT2D eigenvalue weighted by atomic mass is 32.1. The molecular weight excluding hydrogens is 402 g/mol. The van der Waals surface area contributed by atoms with Gasteiger partial charge in [-0.2, -0.15) is 0 Å². The number of hydrogen-bond acceptors (Lipinski definition) is 7. The summed E-state index contributed by atoms with van der Waals surface area (Å²) < 4.78 is 0. The second-order valence-electron chi connectivity index (χ2n) is 7.60. The second kappa shape index (κ2) is 8.55. The maximum atomic E-state index is 13.0. The zero-order chi connectivity index (χ0) is 20.4. The third kappa shape index (κ3) is 4.62. The Labute approximate surface area is 178 Å². The largest absolute Gasteiger partial charge is 0.375 e. The van der Waals surface area contributed by atoms with Crippen molar-refractivity contribution in [2.24, 2.45) is 5.92 Å². The Kier molecular flexibility index (Phi) is 5.87. The quantitative estimate of drug-likeness (QED) is 0.545. The number of ketones is 2. The molecule has 4 rings (SSSR count). The normalized spacial score (nSPS) is 14.4. The average molecular weight is 426 g/mol. The molecule has 2 N–H and O–H groups in total. The number of nitrogens with two attached hydrogens (primary N) is 1. The Morgan fingerprint density at radius 3 is 2.52 bits per heavy atom. The summed E-state index contributed by atoms with van der Waals surface area (Å²) in [6.45, 7) is 1.99. The van der Waals surface area contributed by atoms with Crippen LogP contribution < -0.4 is 5.73 Å². The molecule has 29 heavy (non-hydrogen) atoms. The summed E-state index contributed by atoms with van der Waals surface area (Å²) in [5, 5.41) is 5.03. The van der Waals surface area contributed by atoms with E-state index >= 15 is 0 Å². The molecule has 5 nitrogen and oxygen atoms in total. The van der Waals surface area contributed by atoms with Crippen molar-refractivity contribution in [1.29, 1.82) is 0 Å². The Morgan fingerprint density at radius 2 is 1.79 bits per heavy atom. The first kappa shape index (κ1) is 19.9. The molecule has 0 amide bonds. The molecule has 0 bridgehead atoms. The van der Waals surface area contributed by atoms with Gasteiger partial charge in [0.05, 0.1) is 6.42 Å². The van der Waals surface area contributed by atoms with E-state index in [-0.39, 0.29) is 30.3 Å². The number of anilines is 1. The van der Waals surface area contributed by atoms with Gasteiger partial charge in [0.15, 0.2) is 10.9 Å². The van der Waals surface area contributed by atoms with Gasteiger partial charge in [-0.3, -0.25) is 9.59 Å². The lowest BCUT2D eigenvalue weighted by molar-refractivity contribution is -0.117. The molecule has 7 heteroatoms. The number of nitrogens with zero attached hydrogens (tertiary/aromatic N) is 2. The lowest BCUT2D eigenvalue weighted by atomic mass is 9.90. The summed E-state index contributed by atoms with van der Waals surface area (Å²) in [7, 11) is 0. The number of Topliss-reactive ketones (excluding diaryl/α,β-unsaturated/α-hetero) is 2. The summed E-state index contributed by atoms with van der Waals surface area (Å²) in [6, 6.07) is 5.85. The van der Waals surface area contributed by atoms with Gasteiger partial charge < -0.3 is 5.73 Å². The van der Waals surface area contributed by atoms with E-state index < -0.39 is 0 Å². The number of aryl methyl sites for hydroxylation is 1. The molecule has 0 radical (unpaired) electrons. The van der Waals surface area contributed by atoms with Gasteiger partial charge in [0.2, 0.25) is 0 Å². The van der Waals surface area contributed by atoms with E-state index in [0.29, 0.717) is 5.13 Å². The van der Waals surface area contributed by atoms with E-state index in [1.165, 1.54) is 22.7 Å². The highest BCUT2D eigenvalue weighted by Gasteiger charge is 2.26. The summed E-state index contributed by atoms with van der Waals surface area (Å²) in [6.07, 6.45) is 4.68. The van der Waals surface area contributed by atoms with Crippen LogP contribution in [0.25, 0.3) is 11.4 Å². The monoisotopic (exact) mass is 425 g/mol. The van der Waals surface area contributed by atoms with Crippen molar-refractivity contribution in [2.75, 3.05) is 5.73 Å². The van der Waals surface area contributed by atoms with Crippen LogP contribution in [0.1, 0.15) is 52.2 Å². The third-order valence-corrected chi connectivity index (χ3v) is 6.85. The molecule has 1 saturated carbocycles. The highest BCUT2D eigenvalue weighted by Crippen LogP contribution is 2.30. The van der Waals surface area contributed by atoms with Crippen LogP contribution >= 0.6 is 22.7 Å². The number of carbonyl (C=O) groups is 2.